The zero-order valence-electron chi connectivity index (χ0n) is 17.9. The average molecular weight is 439 g/mol. The molecule has 2 aromatic carbocycles. The summed E-state index contributed by atoms with van der Waals surface area (Å²) in [5.74, 6) is 0.185. The lowest BCUT2D eigenvalue weighted by molar-refractivity contribution is -0.130. The quantitative estimate of drug-likeness (QED) is 0.743. The number of nitrogens with two attached hydrogens (primary N) is 1. The van der Waals surface area contributed by atoms with Crippen LogP contribution in [0.3, 0.4) is 0 Å². The summed E-state index contributed by atoms with van der Waals surface area (Å²) in [7, 11) is 0. The van der Waals surface area contributed by atoms with Crippen LogP contribution in [0.15, 0.2) is 42.5 Å². The van der Waals surface area contributed by atoms with Gasteiger partial charge in [0.05, 0.1) is 18.2 Å². The number of carbonyl (C=O) groups excluding carboxylic acids is 1. The van der Waals surface area contributed by atoms with Crippen molar-refractivity contribution in [2.75, 3.05) is 31.3 Å². The number of nitrogens with zero attached hydrogens (tertiary/aromatic N) is 2. The minimum atomic E-state index is -0.992. The Morgan fingerprint density at radius 2 is 1.97 bits per heavy atom. The number of hydrogen-bond donors (Lipinski definition) is 2. The zero-order valence-corrected chi connectivity index (χ0v) is 17.9. The molecule has 168 valence electrons. The molecule has 0 bridgehead atoms. The zero-order chi connectivity index (χ0) is 22.6. The van der Waals surface area contributed by atoms with Crippen molar-refractivity contribution in [1.82, 2.24) is 5.32 Å². The highest BCUT2D eigenvalue weighted by molar-refractivity contribution is 5.86. The molecule has 1 amide bonds. The fraction of sp³-hybridized carbons (Fsp3) is 0.417. The van der Waals surface area contributed by atoms with Crippen LogP contribution in [0.4, 0.5) is 10.1 Å². The Hall–Kier alpha value is -3.15. The Balaban J connectivity index is 1.43. The number of hydrogen-bond acceptors (Lipinski definition) is 6. The van der Waals surface area contributed by atoms with Gasteiger partial charge in [0.2, 0.25) is 5.91 Å². The molecule has 0 aromatic heterocycles. The maximum Gasteiger partial charge on any atom is 0.241 e. The first kappa shape index (κ1) is 22.1. The van der Waals surface area contributed by atoms with E-state index >= 15 is 0 Å². The molecular formula is C24H27FN4O3. The van der Waals surface area contributed by atoms with Crippen LogP contribution < -0.4 is 20.7 Å². The van der Waals surface area contributed by atoms with Gasteiger partial charge >= 0.3 is 0 Å². The largest absolute Gasteiger partial charge is 0.491 e. The van der Waals surface area contributed by atoms with Gasteiger partial charge in [-0.15, -0.1) is 0 Å². The first-order chi connectivity index (χ1) is 15.5. The van der Waals surface area contributed by atoms with Crippen LogP contribution in [0.5, 0.6) is 5.75 Å². The average Bonchev–Trinajstić information content (AvgIpc) is 3.01. The van der Waals surface area contributed by atoms with Crippen LogP contribution in [0.25, 0.3) is 0 Å². The Morgan fingerprint density at radius 1 is 1.22 bits per heavy atom. The van der Waals surface area contributed by atoms with Gasteiger partial charge in [-0.2, -0.15) is 5.26 Å². The molecule has 1 atom stereocenters. The molecule has 4 rings (SSSR count). The highest BCUT2D eigenvalue weighted by atomic mass is 19.1. The van der Waals surface area contributed by atoms with Gasteiger partial charge in [0.15, 0.2) is 0 Å². The fourth-order valence-electron chi connectivity index (χ4n) is 4.04. The van der Waals surface area contributed by atoms with E-state index in [4.69, 9.17) is 15.2 Å². The van der Waals surface area contributed by atoms with E-state index in [0.29, 0.717) is 52.2 Å². The number of amides is 1. The molecule has 2 aliphatic heterocycles. The minimum Gasteiger partial charge on any atom is -0.491 e. The molecule has 0 radical (unpaired) electrons. The van der Waals surface area contributed by atoms with Crippen LogP contribution in [0.1, 0.15) is 24.0 Å². The molecule has 1 saturated heterocycles. The van der Waals surface area contributed by atoms with E-state index in [1.54, 1.807) is 12.1 Å². The Labute approximate surface area is 186 Å². The molecule has 2 aliphatic rings. The second-order valence-electron chi connectivity index (χ2n) is 8.32. The summed E-state index contributed by atoms with van der Waals surface area (Å²) in [6.45, 7) is 2.69. The SMILES string of the molecule is N#CC(Cc1ccc2c(c1)OCCN(c1ccc(F)cc1)C2)NC(=O)C1(N)CCOCC1. The molecule has 32 heavy (non-hydrogen) atoms. The van der Waals surface area contributed by atoms with E-state index in [-0.39, 0.29) is 11.7 Å². The van der Waals surface area contributed by atoms with Crippen LogP contribution >= 0.6 is 0 Å². The van der Waals surface area contributed by atoms with Crippen molar-refractivity contribution < 1.29 is 18.7 Å². The summed E-state index contributed by atoms with van der Waals surface area (Å²) in [4.78, 5) is 14.8. The number of nitrogens with one attached hydrogen (secondary N) is 1. The Kier molecular flexibility index (Phi) is 6.58. The number of anilines is 1. The summed E-state index contributed by atoms with van der Waals surface area (Å²) in [5.41, 5.74) is 8.07. The summed E-state index contributed by atoms with van der Waals surface area (Å²) < 4.78 is 24.5. The van der Waals surface area contributed by atoms with E-state index in [1.807, 2.05) is 18.2 Å². The number of rotatable bonds is 5. The van der Waals surface area contributed by atoms with E-state index in [1.165, 1.54) is 12.1 Å². The van der Waals surface area contributed by atoms with Crippen molar-refractivity contribution >= 4 is 11.6 Å². The molecule has 0 saturated carbocycles. The van der Waals surface area contributed by atoms with Gasteiger partial charge in [-0.25, -0.2) is 4.39 Å². The van der Waals surface area contributed by atoms with Gasteiger partial charge in [0.1, 0.15) is 24.2 Å². The second kappa shape index (κ2) is 9.55. The Morgan fingerprint density at radius 3 is 2.69 bits per heavy atom. The third-order valence-electron chi connectivity index (χ3n) is 6.04. The van der Waals surface area contributed by atoms with Gasteiger partial charge in [0, 0.05) is 37.4 Å². The van der Waals surface area contributed by atoms with Crippen molar-refractivity contribution in [2.24, 2.45) is 5.73 Å². The van der Waals surface area contributed by atoms with Crippen molar-refractivity contribution in [3.63, 3.8) is 0 Å². The van der Waals surface area contributed by atoms with E-state index < -0.39 is 11.6 Å². The predicted octanol–water partition coefficient (Wildman–Crippen LogP) is 2.28. The molecule has 2 aromatic rings. The number of nitriles is 1. The minimum absolute atomic E-state index is 0.263. The van der Waals surface area contributed by atoms with Gasteiger partial charge in [0.25, 0.3) is 0 Å². The first-order valence-electron chi connectivity index (χ1n) is 10.8. The highest BCUT2D eigenvalue weighted by Crippen LogP contribution is 2.28. The molecule has 3 N–H and O–H groups in total. The number of fused-ring (bicyclic) bond motifs is 1. The van der Waals surface area contributed by atoms with E-state index in [2.05, 4.69) is 16.3 Å². The van der Waals surface area contributed by atoms with Crippen molar-refractivity contribution in [1.29, 1.82) is 5.26 Å². The lowest BCUT2D eigenvalue weighted by Crippen LogP contribution is -2.58. The molecule has 7 nitrogen and oxygen atoms in total. The second-order valence-corrected chi connectivity index (χ2v) is 8.32. The molecule has 2 heterocycles. The topological polar surface area (TPSA) is 101 Å². The molecule has 0 spiro atoms. The van der Waals surface area contributed by atoms with Crippen LogP contribution in [0, 0.1) is 17.1 Å². The van der Waals surface area contributed by atoms with Crippen LogP contribution in [0.2, 0.25) is 0 Å². The first-order valence-corrected chi connectivity index (χ1v) is 10.8. The van der Waals surface area contributed by atoms with Gasteiger partial charge in [-0.3, -0.25) is 4.79 Å². The normalized spacial score (nSPS) is 18.5. The summed E-state index contributed by atoms with van der Waals surface area (Å²) >= 11 is 0. The number of benzene rings is 2. The maximum absolute atomic E-state index is 13.3. The molecule has 0 aliphatic carbocycles. The summed E-state index contributed by atoms with van der Waals surface area (Å²) in [5, 5.41) is 12.4. The van der Waals surface area contributed by atoms with E-state index in [0.717, 1.165) is 22.6 Å². The smallest absolute Gasteiger partial charge is 0.241 e. The standard InChI is InChI=1S/C24H27FN4O3/c25-19-3-5-21(6-4-19)29-9-12-32-22-14-17(1-2-18(22)16-29)13-20(15-26)28-23(30)24(27)7-10-31-11-8-24/h1-6,14,20H,7-13,16,27H2,(H,28,30). The lowest BCUT2D eigenvalue weighted by atomic mass is 9.90. The number of carbonyl (C=O) groups is 1. The molecule has 1 fully saturated rings. The number of halogens is 1. The summed E-state index contributed by atoms with van der Waals surface area (Å²) in [6, 6.07) is 13.7. The van der Waals surface area contributed by atoms with Crippen LogP contribution in [-0.2, 0) is 22.5 Å². The van der Waals surface area contributed by atoms with Crippen molar-refractivity contribution in [2.45, 2.75) is 37.4 Å². The van der Waals surface area contributed by atoms with Crippen molar-refractivity contribution in [3.05, 3.63) is 59.4 Å². The molecule has 1 unspecified atom stereocenters. The Bertz CT molecular complexity index is 999. The fourth-order valence-corrected chi connectivity index (χ4v) is 4.04. The molecule has 8 heteroatoms. The third kappa shape index (κ3) is 5.01. The highest BCUT2D eigenvalue weighted by Gasteiger charge is 2.36. The molecular weight excluding hydrogens is 411 g/mol. The van der Waals surface area contributed by atoms with Gasteiger partial charge in [-0.05, 0) is 48.7 Å². The van der Waals surface area contributed by atoms with Crippen LogP contribution in [-0.4, -0.2) is 43.9 Å². The monoisotopic (exact) mass is 438 g/mol. The van der Waals surface area contributed by atoms with E-state index in [9.17, 15) is 14.4 Å². The third-order valence-corrected chi connectivity index (χ3v) is 6.04. The summed E-state index contributed by atoms with van der Waals surface area (Å²) in [6.07, 6.45) is 1.23. The predicted molar refractivity (Wildman–Crippen MR) is 118 cm³/mol. The van der Waals surface area contributed by atoms with Crippen molar-refractivity contribution in [3.8, 4) is 11.8 Å². The maximum atomic E-state index is 13.3. The lowest BCUT2D eigenvalue weighted by Gasteiger charge is -2.32. The van der Waals surface area contributed by atoms with Gasteiger partial charge in [-0.1, -0.05) is 12.1 Å². The van der Waals surface area contributed by atoms with Gasteiger partial charge < -0.3 is 25.4 Å². The number of ether oxygens (including phenoxy) is 2.